The van der Waals surface area contributed by atoms with Crippen LogP contribution in [-0.2, 0) is 17.7 Å². The normalized spacial score (nSPS) is 12.8. The molecular weight excluding hydrogens is 268 g/mol. The Hall–Kier alpha value is -2.34. The molecule has 0 saturated carbocycles. The van der Waals surface area contributed by atoms with Crippen molar-refractivity contribution in [2.45, 2.75) is 13.0 Å². The molecule has 1 amide bonds. The van der Waals surface area contributed by atoms with Crippen molar-refractivity contribution in [3.63, 3.8) is 0 Å². The highest BCUT2D eigenvalue weighted by molar-refractivity contribution is 6.04. The Kier molecular flexibility index (Phi) is 3.87. The summed E-state index contributed by atoms with van der Waals surface area (Å²) < 4.78 is 6.73. The van der Waals surface area contributed by atoms with Crippen LogP contribution in [0.15, 0.2) is 30.6 Å². The molecule has 1 aliphatic heterocycles. The molecule has 0 spiro atoms. The van der Waals surface area contributed by atoms with E-state index in [1.165, 1.54) is 5.56 Å². The molecule has 0 radical (unpaired) electrons. The number of hydrogen-bond acceptors (Lipinski definition) is 4. The zero-order chi connectivity index (χ0) is 14.7. The topological polar surface area (TPSA) is 68.2 Å². The van der Waals surface area contributed by atoms with Gasteiger partial charge >= 0.3 is 0 Å². The van der Waals surface area contributed by atoms with Crippen LogP contribution < -0.4 is 10.6 Å². The van der Waals surface area contributed by atoms with Crippen molar-refractivity contribution in [1.82, 2.24) is 9.78 Å². The van der Waals surface area contributed by atoms with E-state index >= 15 is 0 Å². The Morgan fingerprint density at radius 1 is 1.52 bits per heavy atom. The van der Waals surface area contributed by atoms with E-state index in [1.807, 2.05) is 18.2 Å². The van der Waals surface area contributed by atoms with E-state index in [2.05, 4.69) is 15.7 Å². The van der Waals surface area contributed by atoms with Gasteiger partial charge in [-0.1, -0.05) is 6.07 Å². The quantitative estimate of drug-likeness (QED) is 0.878. The van der Waals surface area contributed by atoms with Gasteiger partial charge in [0.05, 0.1) is 25.0 Å². The van der Waals surface area contributed by atoms with E-state index in [4.69, 9.17) is 4.74 Å². The van der Waals surface area contributed by atoms with Crippen molar-refractivity contribution < 1.29 is 9.53 Å². The molecule has 0 fully saturated rings. The summed E-state index contributed by atoms with van der Waals surface area (Å²) in [5.41, 5.74) is 3.65. The molecule has 0 aliphatic carbocycles. The van der Waals surface area contributed by atoms with Gasteiger partial charge < -0.3 is 15.4 Å². The maximum Gasteiger partial charge on any atom is 0.255 e. The van der Waals surface area contributed by atoms with Gasteiger partial charge in [-0.05, 0) is 24.1 Å². The third-order valence-electron chi connectivity index (χ3n) is 3.50. The standard InChI is InChI=1S/C15H18N4O2/c1-21-7-6-19-10-13(9-17-19)18-15(20)12-3-2-11-4-5-16-14(11)8-12/h2-3,8-10,16H,4-7H2,1H3,(H,18,20). The van der Waals surface area contributed by atoms with Crippen LogP contribution in [0.3, 0.4) is 0 Å². The Bertz CT molecular complexity index is 651. The van der Waals surface area contributed by atoms with Crippen LogP contribution >= 0.6 is 0 Å². The summed E-state index contributed by atoms with van der Waals surface area (Å²) >= 11 is 0. The number of rotatable bonds is 5. The second kappa shape index (κ2) is 5.97. The fourth-order valence-electron chi connectivity index (χ4n) is 2.37. The number of carbonyl (C=O) groups excluding carboxylic acids is 1. The molecular formula is C15H18N4O2. The molecule has 0 bridgehead atoms. The van der Waals surface area contributed by atoms with Crippen molar-refractivity contribution in [3.8, 4) is 0 Å². The Balaban J connectivity index is 1.67. The Labute approximate surface area is 123 Å². The predicted molar refractivity (Wildman–Crippen MR) is 80.7 cm³/mol. The molecule has 0 unspecified atom stereocenters. The van der Waals surface area contributed by atoms with Gasteiger partial charge in [-0.3, -0.25) is 9.48 Å². The molecule has 110 valence electrons. The van der Waals surface area contributed by atoms with Crippen molar-refractivity contribution in [1.29, 1.82) is 0 Å². The fraction of sp³-hybridized carbons (Fsp3) is 0.333. The van der Waals surface area contributed by atoms with Crippen LogP contribution in [0.4, 0.5) is 11.4 Å². The number of nitrogens with one attached hydrogen (secondary N) is 2. The molecule has 2 aromatic rings. The number of anilines is 2. The van der Waals surface area contributed by atoms with E-state index in [1.54, 1.807) is 24.2 Å². The van der Waals surface area contributed by atoms with Crippen molar-refractivity contribution in [3.05, 3.63) is 41.7 Å². The number of fused-ring (bicyclic) bond motifs is 1. The van der Waals surface area contributed by atoms with Crippen LogP contribution in [-0.4, -0.2) is 35.9 Å². The fourth-order valence-corrected chi connectivity index (χ4v) is 2.37. The number of ether oxygens (including phenoxy) is 1. The molecule has 0 atom stereocenters. The molecule has 0 saturated heterocycles. The van der Waals surface area contributed by atoms with Crippen molar-refractivity contribution >= 4 is 17.3 Å². The number of aromatic nitrogens is 2. The zero-order valence-electron chi connectivity index (χ0n) is 11.9. The molecule has 3 rings (SSSR count). The lowest BCUT2D eigenvalue weighted by atomic mass is 10.1. The average Bonchev–Trinajstić information content (AvgIpc) is 3.12. The molecule has 2 N–H and O–H groups in total. The summed E-state index contributed by atoms with van der Waals surface area (Å²) in [5, 5.41) is 10.3. The van der Waals surface area contributed by atoms with E-state index in [0.717, 1.165) is 18.7 Å². The number of hydrogen-bond donors (Lipinski definition) is 2. The van der Waals surface area contributed by atoms with E-state index in [-0.39, 0.29) is 5.91 Å². The minimum absolute atomic E-state index is 0.127. The van der Waals surface area contributed by atoms with Gasteiger partial charge in [0, 0.05) is 31.1 Å². The number of benzene rings is 1. The van der Waals surface area contributed by atoms with Gasteiger partial charge in [0.15, 0.2) is 0 Å². The second-order valence-corrected chi connectivity index (χ2v) is 4.99. The van der Waals surface area contributed by atoms with Crippen molar-refractivity contribution in [2.75, 3.05) is 30.9 Å². The third kappa shape index (κ3) is 3.05. The summed E-state index contributed by atoms with van der Waals surface area (Å²) in [6, 6.07) is 5.76. The lowest BCUT2D eigenvalue weighted by molar-refractivity contribution is 0.102. The summed E-state index contributed by atoms with van der Waals surface area (Å²) in [6.07, 6.45) is 4.45. The van der Waals surface area contributed by atoms with Crippen LogP contribution in [0.2, 0.25) is 0 Å². The maximum absolute atomic E-state index is 12.2. The minimum Gasteiger partial charge on any atom is -0.384 e. The smallest absolute Gasteiger partial charge is 0.255 e. The van der Waals surface area contributed by atoms with Gasteiger partial charge in [0.25, 0.3) is 5.91 Å². The lowest BCUT2D eigenvalue weighted by Crippen LogP contribution is -2.11. The predicted octanol–water partition coefficient (Wildman–Crippen LogP) is 1.75. The van der Waals surface area contributed by atoms with E-state index in [0.29, 0.717) is 24.4 Å². The van der Waals surface area contributed by atoms with Gasteiger partial charge in [-0.15, -0.1) is 0 Å². The van der Waals surface area contributed by atoms with Crippen molar-refractivity contribution in [2.24, 2.45) is 0 Å². The largest absolute Gasteiger partial charge is 0.384 e. The molecule has 1 aromatic carbocycles. The van der Waals surface area contributed by atoms with Gasteiger partial charge in [0.1, 0.15) is 0 Å². The summed E-state index contributed by atoms with van der Waals surface area (Å²) in [7, 11) is 1.65. The first kappa shape index (κ1) is 13.6. The van der Waals surface area contributed by atoms with Crippen LogP contribution in [0.1, 0.15) is 15.9 Å². The van der Waals surface area contributed by atoms with Gasteiger partial charge in [-0.25, -0.2) is 0 Å². The lowest BCUT2D eigenvalue weighted by Gasteiger charge is -2.05. The molecule has 1 aliphatic rings. The van der Waals surface area contributed by atoms with Gasteiger partial charge in [-0.2, -0.15) is 5.10 Å². The summed E-state index contributed by atoms with van der Waals surface area (Å²) in [4.78, 5) is 12.2. The number of carbonyl (C=O) groups is 1. The Morgan fingerprint density at radius 3 is 3.29 bits per heavy atom. The highest BCUT2D eigenvalue weighted by atomic mass is 16.5. The first-order valence-corrected chi connectivity index (χ1v) is 6.96. The average molecular weight is 286 g/mol. The number of nitrogens with zero attached hydrogens (tertiary/aromatic N) is 2. The van der Waals surface area contributed by atoms with Crippen LogP contribution in [0, 0.1) is 0 Å². The van der Waals surface area contributed by atoms with Crippen LogP contribution in [0.5, 0.6) is 0 Å². The van der Waals surface area contributed by atoms with Crippen LogP contribution in [0.25, 0.3) is 0 Å². The minimum atomic E-state index is -0.127. The SMILES string of the molecule is COCCn1cc(NC(=O)c2ccc3c(c2)NCC3)cn1. The Morgan fingerprint density at radius 2 is 2.43 bits per heavy atom. The monoisotopic (exact) mass is 286 g/mol. The van der Waals surface area contributed by atoms with E-state index in [9.17, 15) is 4.79 Å². The van der Waals surface area contributed by atoms with Gasteiger partial charge in [0.2, 0.25) is 0 Å². The second-order valence-electron chi connectivity index (χ2n) is 4.99. The molecule has 6 heteroatoms. The molecule has 2 heterocycles. The highest BCUT2D eigenvalue weighted by Gasteiger charge is 2.14. The molecule has 1 aromatic heterocycles. The maximum atomic E-state index is 12.2. The number of amides is 1. The molecule has 6 nitrogen and oxygen atoms in total. The zero-order valence-corrected chi connectivity index (χ0v) is 11.9. The summed E-state index contributed by atoms with van der Waals surface area (Å²) in [6.45, 7) is 2.19. The first-order valence-electron chi connectivity index (χ1n) is 6.96. The third-order valence-corrected chi connectivity index (χ3v) is 3.50. The molecule has 21 heavy (non-hydrogen) atoms. The summed E-state index contributed by atoms with van der Waals surface area (Å²) in [5.74, 6) is -0.127. The highest BCUT2D eigenvalue weighted by Crippen LogP contribution is 2.23. The number of methoxy groups -OCH3 is 1. The first-order chi connectivity index (χ1) is 10.3. The van der Waals surface area contributed by atoms with E-state index < -0.39 is 0 Å².